The number of halogens is 3. The molecule has 0 spiro atoms. The lowest BCUT2D eigenvalue weighted by Gasteiger charge is -2.07. The molecule has 2 aromatic rings. The van der Waals surface area contributed by atoms with E-state index in [0.717, 1.165) is 0 Å². The molecule has 0 aliphatic carbocycles. The van der Waals surface area contributed by atoms with E-state index in [2.05, 4.69) is 5.10 Å². The smallest absolute Gasteiger partial charge is 0.267 e. The van der Waals surface area contributed by atoms with Crippen LogP contribution in [0, 0.1) is 0 Å². The predicted octanol–water partition coefficient (Wildman–Crippen LogP) is 3.49. The third-order valence-electron chi connectivity index (χ3n) is 2.49. The fourth-order valence-corrected chi connectivity index (χ4v) is 2.29. The van der Waals surface area contributed by atoms with Gasteiger partial charge in [-0.1, -0.05) is 23.2 Å². The van der Waals surface area contributed by atoms with Gasteiger partial charge in [-0.3, -0.25) is 4.79 Å². The van der Waals surface area contributed by atoms with Gasteiger partial charge in [0.1, 0.15) is 0 Å². The highest BCUT2D eigenvalue weighted by molar-refractivity contribution is 6.36. The van der Waals surface area contributed by atoms with E-state index in [-0.39, 0.29) is 11.4 Å². The molecular formula is C12H9Cl3N2O. The van der Waals surface area contributed by atoms with E-state index >= 15 is 0 Å². The van der Waals surface area contributed by atoms with Crippen LogP contribution in [0.5, 0.6) is 0 Å². The van der Waals surface area contributed by atoms with Gasteiger partial charge in [0.05, 0.1) is 16.6 Å². The normalized spacial score (nSPS) is 10.7. The van der Waals surface area contributed by atoms with Crippen LogP contribution in [0.4, 0.5) is 0 Å². The lowest BCUT2D eigenvalue weighted by molar-refractivity contribution is 0.704. The van der Waals surface area contributed by atoms with E-state index < -0.39 is 0 Å². The largest absolute Gasteiger partial charge is 0.270 e. The number of aryl methyl sites for hydroxylation is 1. The van der Waals surface area contributed by atoms with E-state index in [4.69, 9.17) is 34.8 Å². The van der Waals surface area contributed by atoms with Crippen molar-refractivity contribution >= 4 is 34.8 Å². The van der Waals surface area contributed by atoms with Crippen molar-refractivity contribution in [3.63, 3.8) is 0 Å². The summed E-state index contributed by atoms with van der Waals surface area (Å²) >= 11 is 17.7. The Hall–Kier alpha value is -1.03. The van der Waals surface area contributed by atoms with Gasteiger partial charge in [0.15, 0.2) is 0 Å². The van der Waals surface area contributed by atoms with Crippen LogP contribution >= 0.6 is 34.8 Å². The van der Waals surface area contributed by atoms with E-state index in [1.54, 1.807) is 31.3 Å². The molecule has 0 fully saturated rings. The highest BCUT2D eigenvalue weighted by atomic mass is 35.5. The Morgan fingerprint density at radius 1 is 1.28 bits per heavy atom. The van der Waals surface area contributed by atoms with Crippen LogP contribution in [-0.2, 0) is 12.9 Å². The molecule has 1 heterocycles. The minimum Gasteiger partial charge on any atom is -0.267 e. The van der Waals surface area contributed by atoms with Gasteiger partial charge in [-0.05, 0) is 24.3 Å². The van der Waals surface area contributed by atoms with E-state index in [1.165, 1.54) is 4.68 Å². The van der Waals surface area contributed by atoms with Crippen molar-refractivity contribution in [2.45, 2.75) is 5.88 Å². The molecule has 6 heteroatoms. The second kappa shape index (κ2) is 5.31. The minimum absolute atomic E-state index is 0.132. The van der Waals surface area contributed by atoms with Gasteiger partial charge in [0.25, 0.3) is 5.56 Å². The second-order valence-corrected chi connectivity index (χ2v) is 4.85. The Morgan fingerprint density at radius 3 is 2.61 bits per heavy atom. The molecular weight excluding hydrogens is 295 g/mol. The molecule has 3 nitrogen and oxygen atoms in total. The first-order valence-electron chi connectivity index (χ1n) is 5.11. The summed E-state index contributed by atoms with van der Waals surface area (Å²) in [6, 6.07) is 6.75. The summed E-state index contributed by atoms with van der Waals surface area (Å²) in [6.07, 6.45) is 0. The number of hydrogen-bond acceptors (Lipinski definition) is 2. The molecule has 0 bridgehead atoms. The molecule has 0 aliphatic rings. The van der Waals surface area contributed by atoms with Gasteiger partial charge < -0.3 is 0 Å². The van der Waals surface area contributed by atoms with Crippen molar-refractivity contribution in [1.29, 1.82) is 0 Å². The zero-order chi connectivity index (χ0) is 13.3. The van der Waals surface area contributed by atoms with Crippen molar-refractivity contribution in [2.75, 3.05) is 0 Å². The highest BCUT2D eigenvalue weighted by Crippen LogP contribution is 2.28. The molecule has 0 saturated heterocycles. The monoisotopic (exact) mass is 302 g/mol. The summed E-state index contributed by atoms with van der Waals surface area (Å²) in [7, 11) is 1.58. The molecule has 18 heavy (non-hydrogen) atoms. The Labute approximate surface area is 119 Å². The Morgan fingerprint density at radius 2 is 2.00 bits per heavy atom. The Bertz CT molecular complexity index is 652. The van der Waals surface area contributed by atoms with Crippen molar-refractivity contribution in [3.8, 4) is 11.3 Å². The SMILES string of the molecule is Cn1nc(-c2ccc(Cl)cc2Cl)cc(CCl)c1=O. The molecule has 0 radical (unpaired) electrons. The fraction of sp³-hybridized carbons (Fsp3) is 0.167. The van der Waals surface area contributed by atoms with Crippen LogP contribution < -0.4 is 5.56 Å². The lowest BCUT2D eigenvalue weighted by atomic mass is 10.1. The number of alkyl halides is 1. The summed E-state index contributed by atoms with van der Waals surface area (Å²) in [6.45, 7) is 0. The summed E-state index contributed by atoms with van der Waals surface area (Å²) in [5.74, 6) is 0.132. The van der Waals surface area contributed by atoms with E-state index in [9.17, 15) is 4.79 Å². The number of hydrogen-bond donors (Lipinski definition) is 0. The van der Waals surface area contributed by atoms with Crippen LogP contribution in [0.3, 0.4) is 0 Å². The third kappa shape index (κ3) is 2.53. The lowest BCUT2D eigenvalue weighted by Crippen LogP contribution is -2.23. The topological polar surface area (TPSA) is 34.9 Å². The molecule has 0 aliphatic heterocycles. The summed E-state index contributed by atoms with van der Waals surface area (Å²) < 4.78 is 1.25. The average Bonchev–Trinajstić information content (AvgIpc) is 2.32. The molecule has 0 N–H and O–H groups in total. The maximum absolute atomic E-state index is 11.7. The molecule has 94 valence electrons. The Balaban J connectivity index is 2.64. The number of rotatable bonds is 2. The first-order valence-corrected chi connectivity index (χ1v) is 6.40. The van der Waals surface area contributed by atoms with Gasteiger partial charge in [-0.15, -0.1) is 11.6 Å². The maximum atomic E-state index is 11.7. The maximum Gasteiger partial charge on any atom is 0.270 e. The van der Waals surface area contributed by atoms with Crippen LogP contribution in [-0.4, -0.2) is 9.78 Å². The quantitative estimate of drug-likeness (QED) is 0.796. The second-order valence-electron chi connectivity index (χ2n) is 3.74. The number of aromatic nitrogens is 2. The van der Waals surface area contributed by atoms with Gasteiger partial charge in [-0.2, -0.15) is 5.10 Å². The molecule has 0 amide bonds. The van der Waals surface area contributed by atoms with Crippen molar-refractivity contribution in [3.05, 3.63) is 50.2 Å². The zero-order valence-electron chi connectivity index (χ0n) is 9.45. The Kier molecular flexibility index (Phi) is 3.95. The van der Waals surface area contributed by atoms with Crippen LogP contribution in [0.15, 0.2) is 29.1 Å². The van der Waals surface area contributed by atoms with Crippen LogP contribution in [0.25, 0.3) is 11.3 Å². The van der Waals surface area contributed by atoms with Crippen LogP contribution in [0.2, 0.25) is 10.0 Å². The van der Waals surface area contributed by atoms with Gasteiger partial charge >= 0.3 is 0 Å². The van der Waals surface area contributed by atoms with Crippen molar-refractivity contribution in [2.24, 2.45) is 7.05 Å². The predicted molar refractivity (Wildman–Crippen MR) is 74.5 cm³/mol. The average molecular weight is 304 g/mol. The minimum atomic E-state index is -0.209. The fourth-order valence-electron chi connectivity index (χ4n) is 1.60. The molecule has 0 saturated carbocycles. The standard InChI is InChI=1S/C12H9Cl3N2O/c1-17-12(18)7(6-13)4-11(16-17)9-3-2-8(14)5-10(9)15/h2-5H,6H2,1H3. The summed E-state index contributed by atoms with van der Waals surface area (Å²) in [4.78, 5) is 11.7. The molecule has 0 unspecified atom stereocenters. The molecule has 1 aromatic heterocycles. The van der Waals surface area contributed by atoms with Gasteiger partial charge in [0, 0.05) is 23.2 Å². The summed E-state index contributed by atoms with van der Waals surface area (Å²) in [5.41, 5.74) is 1.58. The first-order chi connectivity index (χ1) is 8.52. The van der Waals surface area contributed by atoms with E-state index in [0.29, 0.717) is 26.9 Å². The zero-order valence-corrected chi connectivity index (χ0v) is 11.7. The van der Waals surface area contributed by atoms with Gasteiger partial charge in [0.2, 0.25) is 0 Å². The molecule has 0 atom stereocenters. The van der Waals surface area contributed by atoms with Crippen LogP contribution in [0.1, 0.15) is 5.56 Å². The van der Waals surface area contributed by atoms with Crippen molar-refractivity contribution in [1.82, 2.24) is 9.78 Å². The molecule has 2 rings (SSSR count). The van der Waals surface area contributed by atoms with Crippen molar-refractivity contribution < 1.29 is 0 Å². The molecule has 1 aromatic carbocycles. The number of benzene rings is 1. The highest BCUT2D eigenvalue weighted by Gasteiger charge is 2.10. The van der Waals surface area contributed by atoms with E-state index in [1.807, 2.05) is 0 Å². The first kappa shape index (κ1) is 13.4. The van der Waals surface area contributed by atoms with Gasteiger partial charge in [-0.25, -0.2) is 4.68 Å². The summed E-state index contributed by atoms with van der Waals surface area (Å²) in [5, 5.41) is 5.19. The third-order valence-corrected chi connectivity index (χ3v) is 3.32. The number of nitrogens with zero attached hydrogens (tertiary/aromatic N) is 2.